The highest BCUT2D eigenvalue weighted by molar-refractivity contribution is 6.43. The van der Waals surface area contributed by atoms with Crippen molar-refractivity contribution in [2.24, 2.45) is 5.92 Å². The molecule has 1 amide bonds. The third kappa shape index (κ3) is 3.54. The van der Waals surface area contributed by atoms with E-state index >= 15 is 0 Å². The van der Waals surface area contributed by atoms with E-state index in [1.807, 2.05) is 0 Å². The summed E-state index contributed by atoms with van der Waals surface area (Å²) >= 11 is 11.8. The Morgan fingerprint density at radius 2 is 1.89 bits per heavy atom. The highest BCUT2D eigenvalue weighted by Crippen LogP contribution is 2.30. The smallest absolute Gasteiger partial charge is 0.251 e. The molecule has 3 nitrogen and oxygen atoms in total. The third-order valence-electron chi connectivity index (χ3n) is 3.67. The highest BCUT2D eigenvalue weighted by atomic mass is 35.5. The summed E-state index contributed by atoms with van der Waals surface area (Å²) in [7, 11) is 0. The molecule has 3 N–H and O–H groups in total. The summed E-state index contributed by atoms with van der Waals surface area (Å²) in [6, 6.07) is 3.37. The molecule has 1 saturated carbocycles. The van der Waals surface area contributed by atoms with E-state index in [4.69, 9.17) is 28.9 Å². The summed E-state index contributed by atoms with van der Waals surface area (Å²) in [4.78, 5) is 12.1. The van der Waals surface area contributed by atoms with E-state index in [0.29, 0.717) is 21.3 Å². The largest absolute Gasteiger partial charge is 0.397 e. The standard InChI is InChI=1S/C14H18Cl2N2O/c1-8-2-4-10(5-3-8)18-14(19)9-6-11(15)13(16)12(17)7-9/h6-8,10H,2-5,17H2,1H3,(H,18,19). The first-order valence-corrected chi connectivity index (χ1v) is 7.28. The predicted molar refractivity (Wildman–Crippen MR) is 79.8 cm³/mol. The van der Waals surface area contributed by atoms with Crippen LogP contribution in [0.25, 0.3) is 0 Å². The monoisotopic (exact) mass is 300 g/mol. The molecule has 0 aromatic heterocycles. The molecule has 0 atom stereocenters. The maximum atomic E-state index is 12.1. The minimum Gasteiger partial charge on any atom is -0.397 e. The number of halogens is 2. The second-order valence-electron chi connectivity index (χ2n) is 5.29. The van der Waals surface area contributed by atoms with Crippen LogP contribution < -0.4 is 11.1 Å². The first-order valence-electron chi connectivity index (χ1n) is 6.52. The zero-order chi connectivity index (χ0) is 14.0. The maximum absolute atomic E-state index is 12.1. The number of hydrogen-bond acceptors (Lipinski definition) is 2. The van der Waals surface area contributed by atoms with Crippen LogP contribution in [0.15, 0.2) is 12.1 Å². The number of nitrogens with one attached hydrogen (secondary N) is 1. The number of carbonyl (C=O) groups excluding carboxylic acids is 1. The molecule has 0 spiro atoms. The SMILES string of the molecule is CC1CCC(NC(=O)c2cc(N)c(Cl)c(Cl)c2)CC1. The van der Waals surface area contributed by atoms with Crippen molar-refractivity contribution in [3.8, 4) is 0 Å². The normalized spacial score (nSPS) is 23.1. The van der Waals surface area contributed by atoms with Crippen LogP contribution in [0, 0.1) is 5.92 Å². The summed E-state index contributed by atoms with van der Waals surface area (Å²) in [5, 5.41) is 3.64. The molecule has 0 aliphatic heterocycles. The summed E-state index contributed by atoms with van der Waals surface area (Å²) < 4.78 is 0. The van der Waals surface area contributed by atoms with Crippen LogP contribution in [-0.2, 0) is 0 Å². The number of carbonyl (C=O) groups is 1. The molecule has 104 valence electrons. The topological polar surface area (TPSA) is 55.1 Å². The van der Waals surface area contributed by atoms with Gasteiger partial charge in [-0.25, -0.2) is 0 Å². The lowest BCUT2D eigenvalue weighted by molar-refractivity contribution is 0.0923. The van der Waals surface area contributed by atoms with Crippen LogP contribution >= 0.6 is 23.2 Å². The van der Waals surface area contributed by atoms with Crippen LogP contribution in [-0.4, -0.2) is 11.9 Å². The quantitative estimate of drug-likeness (QED) is 0.814. The molecule has 0 heterocycles. The van der Waals surface area contributed by atoms with Crippen LogP contribution in [0.3, 0.4) is 0 Å². The van der Waals surface area contributed by atoms with Gasteiger partial charge in [0.15, 0.2) is 0 Å². The number of hydrogen-bond donors (Lipinski definition) is 2. The van der Waals surface area contributed by atoms with Gasteiger partial charge in [-0.3, -0.25) is 4.79 Å². The van der Waals surface area contributed by atoms with Crippen molar-refractivity contribution in [3.05, 3.63) is 27.7 Å². The zero-order valence-electron chi connectivity index (χ0n) is 10.9. The second kappa shape index (κ2) is 6.02. The van der Waals surface area contributed by atoms with Gasteiger partial charge in [-0.15, -0.1) is 0 Å². The molecule has 0 radical (unpaired) electrons. The Labute approximate surface area is 123 Å². The van der Waals surface area contributed by atoms with Crippen molar-refractivity contribution < 1.29 is 4.79 Å². The fourth-order valence-corrected chi connectivity index (χ4v) is 2.75. The third-order valence-corrected chi connectivity index (χ3v) is 4.49. The predicted octanol–water partition coefficient (Wildman–Crippen LogP) is 3.88. The van der Waals surface area contributed by atoms with E-state index in [9.17, 15) is 4.79 Å². The van der Waals surface area contributed by atoms with Gasteiger partial charge in [0.1, 0.15) is 0 Å². The van der Waals surface area contributed by atoms with E-state index in [1.54, 1.807) is 12.1 Å². The Morgan fingerprint density at radius 3 is 2.47 bits per heavy atom. The number of amides is 1. The first kappa shape index (κ1) is 14.5. The van der Waals surface area contributed by atoms with Crippen LogP contribution in [0.2, 0.25) is 10.0 Å². The van der Waals surface area contributed by atoms with Crippen molar-refractivity contribution in [1.82, 2.24) is 5.32 Å². The molecule has 2 rings (SSSR count). The molecule has 1 aliphatic rings. The van der Waals surface area contributed by atoms with E-state index in [-0.39, 0.29) is 11.9 Å². The van der Waals surface area contributed by atoms with Gasteiger partial charge in [-0.1, -0.05) is 30.1 Å². The molecule has 19 heavy (non-hydrogen) atoms. The molecule has 1 aliphatic carbocycles. The first-order chi connectivity index (χ1) is 8.97. The Kier molecular flexibility index (Phi) is 4.58. The molecular weight excluding hydrogens is 283 g/mol. The molecule has 5 heteroatoms. The minimum atomic E-state index is -0.134. The van der Waals surface area contributed by atoms with Crippen molar-refractivity contribution in [2.45, 2.75) is 38.6 Å². The van der Waals surface area contributed by atoms with Crippen molar-refractivity contribution >= 4 is 34.8 Å². The molecule has 0 saturated heterocycles. The maximum Gasteiger partial charge on any atom is 0.251 e. The van der Waals surface area contributed by atoms with Gasteiger partial charge < -0.3 is 11.1 Å². The van der Waals surface area contributed by atoms with Crippen LogP contribution in [0.5, 0.6) is 0 Å². The van der Waals surface area contributed by atoms with Crippen molar-refractivity contribution in [2.75, 3.05) is 5.73 Å². The van der Waals surface area contributed by atoms with Gasteiger partial charge in [0.25, 0.3) is 5.91 Å². The van der Waals surface area contributed by atoms with Gasteiger partial charge in [0.2, 0.25) is 0 Å². The van der Waals surface area contributed by atoms with Gasteiger partial charge in [0.05, 0.1) is 15.7 Å². The molecule has 0 unspecified atom stereocenters. The zero-order valence-corrected chi connectivity index (χ0v) is 12.4. The van der Waals surface area contributed by atoms with Crippen molar-refractivity contribution in [1.29, 1.82) is 0 Å². The fraction of sp³-hybridized carbons (Fsp3) is 0.500. The van der Waals surface area contributed by atoms with Gasteiger partial charge >= 0.3 is 0 Å². The lowest BCUT2D eigenvalue weighted by Gasteiger charge is -2.27. The second-order valence-corrected chi connectivity index (χ2v) is 6.08. The summed E-state index contributed by atoms with van der Waals surface area (Å²) in [5.41, 5.74) is 6.51. The van der Waals surface area contributed by atoms with Gasteiger partial charge in [-0.2, -0.15) is 0 Å². The minimum absolute atomic E-state index is 0.134. The Hall–Kier alpha value is -0.930. The summed E-state index contributed by atoms with van der Waals surface area (Å²) in [6.07, 6.45) is 4.39. The number of anilines is 1. The lowest BCUT2D eigenvalue weighted by atomic mass is 9.87. The fourth-order valence-electron chi connectivity index (χ4n) is 2.41. The van der Waals surface area contributed by atoms with E-state index in [1.165, 1.54) is 0 Å². The Balaban J connectivity index is 2.04. The van der Waals surface area contributed by atoms with E-state index in [0.717, 1.165) is 31.6 Å². The summed E-state index contributed by atoms with van der Waals surface area (Å²) in [5.74, 6) is 0.624. The summed E-state index contributed by atoms with van der Waals surface area (Å²) in [6.45, 7) is 2.25. The number of benzene rings is 1. The Morgan fingerprint density at radius 1 is 1.26 bits per heavy atom. The number of nitrogen functional groups attached to an aromatic ring is 1. The van der Waals surface area contributed by atoms with Crippen LogP contribution in [0.1, 0.15) is 43.0 Å². The van der Waals surface area contributed by atoms with Gasteiger partial charge in [-0.05, 0) is 43.7 Å². The number of rotatable bonds is 2. The molecule has 1 fully saturated rings. The molecular formula is C14H18Cl2N2O. The van der Waals surface area contributed by atoms with E-state index < -0.39 is 0 Å². The lowest BCUT2D eigenvalue weighted by Crippen LogP contribution is -2.37. The average molecular weight is 301 g/mol. The van der Waals surface area contributed by atoms with E-state index in [2.05, 4.69) is 12.2 Å². The molecule has 1 aromatic carbocycles. The molecule has 0 bridgehead atoms. The highest BCUT2D eigenvalue weighted by Gasteiger charge is 2.21. The number of nitrogens with two attached hydrogens (primary N) is 1. The average Bonchev–Trinajstić information content (AvgIpc) is 2.38. The Bertz CT molecular complexity index is 459. The van der Waals surface area contributed by atoms with Crippen molar-refractivity contribution in [3.63, 3.8) is 0 Å². The van der Waals surface area contributed by atoms with Crippen LogP contribution in [0.4, 0.5) is 5.69 Å². The van der Waals surface area contributed by atoms with Gasteiger partial charge in [0, 0.05) is 11.6 Å². The molecule has 1 aromatic rings.